The predicted octanol–water partition coefficient (Wildman–Crippen LogP) is 5.10. The molecular weight excluding hydrogens is 397 g/mol. The molecule has 1 amide bonds. The van der Waals surface area contributed by atoms with E-state index in [1.54, 1.807) is 30.1 Å². The third kappa shape index (κ3) is 4.08. The van der Waals surface area contributed by atoms with Gasteiger partial charge < -0.3 is 10.2 Å². The first-order valence-electron chi connectivity index (χ1n) is 9.06. The number of nitrogens with zero attached hydrogens (tertiary/aromatic N) is 2. The minimum Gasteiger partial charge on any atom is -0.383 e. The summed E-state index contributed by atoms with van der Waals surface area (Å²) in [6.07, 6.45) is 2.27. The van der Waals surface area contributed by atoms with Gasteiger partial charge in [0.15, 0.2) is 0 Å². The topological polar surface area (TPSA) is 45.2 Å². The average Bonchev–Trinajstić information content (AvgIpc) is 2.69. The Kier molecular flexibility index (Phi) is 5.69. The molecule has 144 valence electrons. The van der Waals surface area contributed by atoms with E-state index in [-0.39, 0.29) is 17.1 Å². The Morgan fingerprint density at radius 1 is 1.21 bits per heavy atom. The van der Waals surface area contributed by atoms with Crippen LogP contribution in [0.4, 0.5) is 10.1 Å². The molecule has 1 fully saturated rings. The SMILES string of the molecule is O=C1CCSC(c2ccc(F)cc2)N1CCNc1ccnc2cc(Cl)ccc12. The zero-order valence-electron chi connectivity index (χ0n) is 15.1. The molecule has 1 saturated heterocycles. The maximum absolute atomic E-state index is 13.3. The summed E-state index contributed by atoms with van der Waals surface area (Å²) in [5, 5.41) is 4.96. The highest BCUT2D eigenvalue weighted by Crippen LogP contribution is 2.37. The quantitative estimate of drug-likeness (QED) is 0.629. The summed E-state index contributed by atoms with van der Waals surface area (Å²) in [7, 11) is 0. The smallest absolute Gasteiger partial charge is 0.224 e. The molecule has 1 aliphatic heterocycles. The lowest BCUT2D eigenvalue weighted by molar-refractivity contribution is -0.131. The highest BCUT2D eigenvalue weighted by molar-refractivity contribution is 7.99. The molecule has 28 heavy (non-hydrogen) atoms. The first kappa shape index (κ1) is 19.0. The van der Waals surface area contributed by atoms with Crippen molar-refractivity contribution in [1.82, 2.24) is 9.88 Å². The number of thioether (sulfide) groups is 1. The molecule has 0 radical (unpaired) electrons. The number of amides is 1. The van der Waals surface area contributed by atoms with Crippen molar-refractivity contribution in [1.29, 1.82) is 0 Å². The molecule has 0 bridgehead atoms. The van der Waals surface area contributed by atoms with Gasteiger partial charge in [0.2, 0.25) is 5.91 Å². The van der Waals surface area contributed by atoms with Gasteiger partial charge in [0.1, 0.15) is 11.2 Å². The van der Waals surface area contributed by atoms with Gasteiger partial charge in [-0.2, -0.15) is 0 Å². The molecule has 1 atom stereocenters. The number of carbonyl (C=O) groups excluding carboxylic acids is 1. The summed E-state index contributed by atoms with van der Waals surface area (Å²) in [6.45, 7) is 1.16. The van der Waals surface area contributed by atoms with Crippen LogP contribution in [0.5, 0.6) is 0 Å². The van der Waals surface area contributed by atoms with Crippen LogP contribution >= 0.6 is 23.4 Å². The maximum atomic E-state index is 13.3. The number of rotatable bonds is 5. The van der Waals surface area contributed by atoms with Crippen LogP contribution in [-0.2, 0) is 4.79 Å². The molecule has 2 heterocycles. The second-order valence-electron chi connectivity index (χ2n) is 6.56. The molecule has 1 N–H and O–H groups in total. The standard InChI is InChI=1S/C21H19ClFN3OS/c22-15-3-6-17-18(7-9-24-19(17)13-15)25-10-11-26-20(27)8-12-28-21(26)14-1-4-16(23)5-2-14/h1-7,9,13,21H,8,10-12H2,(H,24,25). The van der Waals surface area contributed by atoms with E-state index in [0.29, 0.717) is 24.5 Å². The van der Waals surface area contributed by atoms with E-state index in [4.69, 9.17) is 11.6 Å². The number of halogens is 2. The van der Waals surface area contributed by atoms with Crippen LogP contribution in [0.2, 0.25) is 5.02 Å². The number of anilines is 1. The molecule has 2 aromatic carbocycles. The molecule has 0 saturated carbocycles. The van der Waals surface area contributed by atoms with E-state index in [0.717, 1.165) is 27.9 Å². The zero-order chi connectivity index (χ0) is 19.5. The van der Waals surface area contributed by atoms with E-state index in [9.17, 15) is 9.18 Å². The van der Waals surface area contributed by atoms with E-state index in [2.05, 4.69) is 10.3 Å². The Morgan fingerprint density at radius 3 is 2.86 bits per heavy atom. The zero-order valence-corrected chi connectivity index (χ0v) is 16.6. The summed E-state index contributed by atoms with van der Waals surface area (Å²) in [4.78, 5) is 18.7. The largest absolute Gasteiger partial charge is 0.383 e. The Labute approximate surface area is 172 Å². The third-order valence-corrected chi connectivity index (χ3v) is 6.24. The number of carbonyl (C=O) groups is 1. The van der Waals surface area contributed by atoms with Crippen molar-refractivity contribution in [3.63, 3.8) is 0 Å². The normalized spacial score (nSPS) is 17.1. The van der Waals surface area contributed by atoms with Crippen molar-refractivity contribution in [2.75, 3.05) is 24.2 Å². The van der Waals surface area contributed by atoms with Gasteiger partial charge in [-0.1, -0.05) is 23.7 Å². The summed E-state index contributed by atoms with van der Waals surface area (Å²) in [6, 6.07) is 13.9. The van der Waals surface area contributed by atoms with E-state index < -0.39 is 0 Å². The van der Waals surface area contributed by atoms with Crippen LogP contribution in [-0.4, -0.2) is 34.6 Å². The van der Waals surface area contributed by atoms with Gasteiger partial charge in [0.05, 0.1) is 5.52 Å². The number of fused-ring (bicyclic) bond motifs is 1. The molecule has 3 aromatic rings. The fraction of sp³-hybridized carbons (Fsp3) is 0.238. The van der Waals surface area contributed by atoms with Gasteiger partial charge in [-0.15, -0.1) is 11.8 Å². The molecule has 1 aromatic heterocycles. The summed E-state index contributed by atoms with van der Waals surface area (Å²) >= 11 is 7.76. The summed E-state index contributed by atoms with van der Waals surface area (Å²) < 4.78 is 13.3. The van der Waals surface area contributed by atoms with E-state index in [1.165, 1.54) is 12.1 Å². The van der Waals surface area contributed by atoms with Crippen LogP contribution in [0.15, 0.2) is 54.7 Å². The van der Waals surface area contributed by atoms with Gasteiger partial charge in [0.25, 0.3) is 0 Å². The average molecular weight is 416 g/mol. The lowest BCUT2D eigenvalue weighted by atomic mass is 10.2. The highest BCUT2D eigenvalue weighted by atomic mass is 35.5. The number of pyridine rings is 1. The van der Waals surface area contributed by atoms with Crippen LogP contribution in [0.3, 0.4) is 0 Å². The third-order valence-electron chi connectivity index (χ3n) is 4.72. The van der Waals surface area contributed by atoms with Crippen molar-refractivity contribution in [2.24, 2.45) is 0 Å². The van der Waals surface area contributed by atoms with Crippen molar-refractivity contribution in [3.8, 4) is 0 Å². The number of nitrogens with one attached hydrogen (secondary N) is 1. The van der Waals surface area contributed by atoms with Crippen LogP contribution in [0, 0.1) is 5.82 Å². The Morgan fingerprint density at radius 2 is 2.04 bits per heavy atom. The van der Waals surface area contributed by atoms with Gasteiger partial charge in [0, 0.05) is 47.6 Å². The summed E-state index contributed by atoms with van der Waals surface area (Å²) in [5.41, 5.74) is 2.73. The fourth-order valence-electron chi connectivity index (χ4n) is 3.35. The lowest BCUT2D eigenvalue weighted by Crippen LogP contribution is -2.40. The minimum absolute atomic E-state index is 0.0864. The van der Waals surface area contributed by atoms with Crippen molar-refractivity contribution in [3.05, 3.63) is 71.1 Å². The molecule has 7 heteroatoms. The fourth-order valence-corrected chi connectivity index (χ4v) is 4.79. The molecule has 1 unspecified atom stereocenters. The van der Waals surface area contributed by atoms with Crippen LogP contribution < -0.4 is 5.32 Å². The van der Waals surface area contributed by atoms with Crippen molar-refractivity contribution < 1.29 is 9.18 Å². The van der Waals surface area contributed by atoms with Gasteiger partial charge >= 0.3 is 0 Å². The number of hydrogen-bond donors (Lipinski definition) is 1. The molecule has 4 rings (SSSR count). The lowest BCUT2D eigenvalue weighted by Gasteiger charge is -2.35. The predicted molar refractivity (Wildman–Crippen MR) is 113 cm³/mol. The molecule has 0 aliphatic carbocycles. The first-order valence-corrected chi connectivity index (χ1v) is 10.5. The maximum Gasteiger partial charge on any atom is 0.224 e. The first-order chi connectivity index (χ1) is 13.6. The highest BCUT2D eigenvalue weighted by Gasteiger charge is 2.29. The molecule has 0 spiro atoms. The Balaban J connectivity index is 1.48. The number of benzene rings is 2. The van der Waals surface area contributed by atoms with E-state index >= 15 is 0 Å². The second kappa shape index (κ2) is 8.37. The second-order valence-corrected chi connectivity index (χ2v) is 8.18. The molecular formula is C21H19ClFN3OS. The Bertz CT molecular complexity index is 999. The van der Waals surface area contributed by atoms with Gasteiger partial charge in [-0.05, 0) is 42.0 Å². The summed E-state index contributed by atoms with van der Waals surface area (Å²) in [5.74, 6) is 0.635. The van der Waals surface area contributed by atoms with Gasteiger partial charge in [-0.25, -0.2) is 4.39 Å². The van der Waals surface area contributed by atoms with Gasteiger partial charge in [-0.3, -0.25) is 9.78 Å². The Hall–Kier alpha value is -2.31. The minimum atomic E-state index is -0.270. The number of aromatic nitrogens is 1. The van der Waals surface area contributed by atoms with Crippen molar-refractivity contribution >= 4 is 45.9 Å². The monoisotopic (exact) mass is 415 g/mol. The molecule has 4 nitrogen and oxygen atoms in total. The van der Waals surface area contributed by atoms with E-state index in [1.807, 2.05) is 29.2 Å². The van der Waals surface area contributed by atoms with Crippen molar-refractivity contribution in [2.45, 2.75) is 11.8 Å². The van der Waals surface area contributed by atoms with Crippen LogP contribution in [0.1, 0.15) is 17.4 Å². The number of hydrogen-bond acceptors (Lipinski definition) is 4. The van der Waals surface area contributed by atoms with Crippen LogP contribution in [0.25, 0.3) is 10.9 Å². The molecule has 1 aliphatic rings.